The van der Waals surface area contributed by atoms with Crippen LogP contribution in [-0.4, -0.2) is 37.3 Å². The van der Waals surface area contributed by atoms with Crippen LogP contribution in [0.5, 0.6) is 0 Å². The predicted octanol–water partition coefficient (Wildman–Crippen LogP) is 3.10. The summed E-state index contributed by atoms with van der Waals surface area (Å²) in [7, 11) is 0. The predicted molar refractivity (Wildman–Crippen MR) is 107 cm³/mol. The molecule has 146 valence electrons. The van der Waals surface area contributed by atoms with Crippen molar-refractivity contribution in [2.24, 2.45) is 0 Å². The number of benzene rings is 2. The van der Waals surface area contributed by atoms with Crippen LogP contribution in [0.3, 0.4) is 0 Å². The number of nitrogens with zero attached hydrogens (tertiary/aromatic N) is 5. The molecule has 2 aromatic heterocycles. The number of para-hydroxylation sites is 1. The molecular weight excluding hydrogens is 366 g/mol. The van der Waals surface area contributed by atoms with Crippen molar-refractivity contribution in [3.05, 3.63) is 77.5 Å². The molecule has 0 spiro atoms. The highest BCUT2D eigenvalue weighted by Gasteiger charge is 2.31. The van der Waals surface area contributed by atoms with Gasteiger partial charge in [0.05, 0.1) is 19.0 Å². The Morgan fingerprint density at radius 1 is 1.10 bits per heavy atom. The minimum Gasteiger partial charge on any atom is -0.356 e. The van der Waals surface area contributed by atoms with E-state index in [9.17, 15) is 4.79 Å². The van der Waals surface area contributed by atoms with Crippen LogP contribution in [0.2, 0.25) is 0 Å². The van der Waals surface area contributed by atoms with Gasteiger partial charge >= 0.3 is 0 Å². The number of fused-ring (bicyclic) bond motifs is 2. The number of hydrogen-bond acceptors (Lipinski definition) is 5. The lowest BCUT2D eigenvalue weighted by atomic mass is 10.0. The maximum atomic E-state index is 13.1. The van der Waals surface area contributed by atoms with Crippen molar-refractivity contribution in [2.75, 3.05) is 6.54 Å². The fraction of sp³-hybridized carbons (Fsp3) is 0.273. The Morgan fingerprint density at radius 2 is 1.90 bits per heavy atom. The molecule has 1 aliphatic rings. The van der Waals surface area contributed by atoms with Crippen LogP contribution >= 0.6 is 0 Å². The van der Waals surface area contributed by atoms with Crippen molar-refractivity contribution in [1.82, 2.24) is 24.8 Å². The van der Waals surface area contributed by atoms with E-state index < -0.39 is 0 Å². The molecule has 29 heavy (non-hydrogen) atoms. The summed E-state index contributed by atoms with van der Waals surface area (Å²) in [5, 5.41) is 13.6. The molecule has 0 N–H and O–H groups in total. The van der Waals surface area contributed by atoms with Crippen LogP contribution in [0, 0.1) is 6.92 Å². The fourth-order valence-corrected chi connectivity index (χ4v) is 4.12. The molecule has 1 atom stereocenters. The third kappa shape index (κ3) is 3.29. The van der Waals surface area contributed by atoms with E-state index in [4.69, 9.17) is 4.52 Å². The number of hydrogen-bond donors (Lipinski definition) is 0. The minimum absolute atomic E-state index is 0.0222. The highest BCUT2D eigenvalue weighted by Crippen LogP contribution is 2.26. The molecule has 2 aromatic carbocycles. The molecule has 3 heterocycles. The summed E-state index contributed by atoms with van der Waals surface area (Å²) in [6.45, 7) is 3.05. The lowest BCUT2D eigenvalue weighted by Crippen LogP contribution is -2.42. The SMILES string of the molecule is Cc1nnc2n1[C@H](Cc1ccccc1)CN(C(=O)Cc1noc3ccccc13)C2. The van der Waals surface area contributed by atoms with Gasteiger partial charge in [-0.05, 0) is 31.0 Å². The number of carbonyl (C=O) groups is 1. The van der Waals surface area contributed by atoms with E-state index in [0.29, 0.717) is 24.4 Å². The van der Waals surface area contributed by atoms with E-state index in [1.54, 1.807) is 0 Å². The first-order chi connectivity index (χ1) is 14.2. The standard InChI is InChI=1S/C22H21N5O2/c1-15-23-24-21-14-26(13-17(27(15)21)11-16-7-3-2-4-8-16)22(28)12-19-18-9-5-6-10-20(18)29-25-19/h2-10,17H,11-14H2,1H3/t17-/m1/s1. The first-order valence-corrected chi connectivity index (χ1v) is 9.74. The Morgan fingerprint density at radius 3 is 2.76 bits per heavy atom. The summed E-state index contributed by atoms with van der Waals surface area (Å²) in [6, 6.07) is 18.0. The summed E-state index contributed by atoms with van der Waals surface area (Å²) in [6.07, 6.45) is 1.03. The monoisotopic (exact) mass is 387 g/mol. The van der Waals surface area contributed by atoms with Gasteiger partial charge in [0.1, 0.15) is 11.5 Å². The molecule has 1 amide bonds. The van der Waals surface area contributed by atoms with E-state index in [0.717, 1.165) is 23.5 Å². The van der Waals surface area contributed by atoms with Crippen molar-refractivity contribution < 1.29 is 9.32 Å². The number of carbonyl (C=O) groups excluding carboxylic acids is 1. The number of aromatic nitrogens is 4. The molecule has 5 rings (SSSR count). The second kappa shape index (κ2) is 7.16. The van der Waals surface area contributed by atoms with Gasteiger partial charge < -0.3 is 14.0 Å². The molecule has 0 saturated heterocycles. The zero-order chi connectivity index (χ0) is 19.8. The first kappa shape index (κ1) is 17.6. The summed E-state index contributed by atoms with van der Waals surface area (Å²) in [5.74, 6) is 1.73. The van der Waals surface area contributed by atoms with Crippen molar-refractivity contribution in [3.63, 3.8) is 0 Å². The highest BCUT2D eigenvalue weighted by atomic mass is 16.5. The van der Waals surface area contributed by atoms with Gasteiger partial charge in [-0.25, -0.2) is 0 Å². The van der Waals surface area contributed by atoms with E-state index >= 15 is 0 Å². The third-order valence-electron chi connectivity index (χ3n) is 5.50. The van der Waals surface area contributed by atoms with Gasteiger partial charge in [-0.2, -0.15) is 0 Å². The number of aryl methyl sites for hydroxylation is 1. The second-order valence-electron chi connectivity index (χ2n) is 7.45. The Bertz CT molecular complexity index is 1160. The zero-order valence-corrected chi connectivity index (χ0v) is 16.2. The van der Waals surface area contributed by atoms with Crippen LogP contribution in [0.1, 0.15) is 28.9 Å². The zero-order valence-electron chi connectivity index (χ0n) is 16.2. The first-order valence-electron chi connectivity index (χ1n) is 9.74. The van der Waals surface area contributed by atoms with Gasteiger partial charge in [0, 0.05) is 11.9 Å². The molecular formula is C22H21N5O2. The highest BCUT2D eigenvalue weighted by molar-refractivity contribution is 5.86. The average Bonchev–Trinajstić information content (AvgIpc) is 3.33. The molecule has 0 bridgehead atoms. The van der Waals surface area contributed by atoms with Gasteiger partial charge in [0.15, 0.2) is 11.4 Å². The van der Waals surface area contributed by atoms with Gasteiger partial charge in [0.25, 0.3) is 0 Å². The Balaban J connectivity index is 1.40. The van der Waals surface area contributed by atoms with E-state index in [1.165, 1.54) is 5.56 Å². The number of rotatable bonds is 4. The van der Waals surface area contributed by atoms with Crippen molar-refractivity contribution in [1.29, 1.82) is 0 Å². The normalized spacial score (nSPS) is 16.2. The smallest absolute Gasteiger partial charge is 0.229 e. The van der Waals surface area contributed by atoms with Gasteiger partial charge in [-0.1, -0.05) is 47.6 Å². The van der Waals surface area contributed by atoms with Crippen LogP contribution in [0.25, 0.3) is 11.0 Å². The maximum absolute atomic E-state index is 13.1. The maximum Gasteiger partial charge on any atom is 0.229 e. The molecule has 0 aliphatic carbocycles. The Labute approximate surface area is 167 Å². The van der Waals surface area contributed by atoms with E-state index in [-0.39, 0.29) is 18.4 Å². The van der Waals surface area contributed by atoms with Gasteiger partial charge in [-0.15, -0.1) is 10.2 Å². The van der Waals surface area contributed by atoms with E-state index in [2.05, 4.69) is 32.1 Å². The molecule has 7 heteroatoms. The largest absolute Gasteiger partial charge is 0.356 e. The van der Waals surface area contributed by atoms with Crippen LogP contribution < -0.4 is 0 Å². The Kier molecular flexibility index (Phi) is 4.35. The Hall–Kier alpha value is -3.48. The average molecular weight is 387 g/mol. The quantitative estimate of drug-likeness (QED) is 0.538. The van der Waals surface area contributed by atoms with Crippen molar-refractivity contribution >= 4 is 16.9 Å². The molecule has 1 aliphatic heterocycles. The molecule has 0 saturated carbocycles. The summed E-state index contributed by atoms with van der Waals surface area (Å²) >= 11 is 0. The van der Waals surface area contributed by atoms with Gasteiger partial charge in [0.2, 0.25) is 5.91 Å². The van der Waals surface area contributed by atoms with Gasteiger partial charge in [-0.3, -0.25) is 4.79 Å². The van der Waals surface area contributed by atoms with E-state index in [1.807, 2.05) is 54.3 Å². The summed E-state index contributed by atoms with van der Waals surface area (Å²) < 4.78 is 7.52. The summed E-state index contributed by atoms with van der Waals surface area (Å²) in [5.41, 5.74) is 2.60. The summed E-state index contributed by atoms with van der Waals surface area (Å²) in [4.78, 5) is 15.0. The molecule has 0 unspecified atom stereocenters. The van der Waals surface area contributed by atoms with Crippen molar-refractivity contribution in [2.45, 2.75) is 32.4 Å². The third-order valence-corrected chi connectivity index (χ3v) is 5.50. The lowest BCUT2D eigenvalue weighted by molar-refractivity contribution is -0.132. The van der Waals surface area contributed by atoms with Crippen LogP contribution in [0.15, 0.2) is 59.1 Å². The minimum atomic E-state index is 0.0222. The fourth-order valence-electron chi connectivity index (χ4n) is 4.12. The van der Waals surface area contributed by atoms with Crippen molar-refractivity contribution in [3.8, 4) is 0 Å². The molecule has 0 fully saturated rings. The molecule has 4 aromatic rings. The second-order valence-corrected chi connectivity index (χ2v) is 7.45. The van der Waals surface area contributed by atoms with Crippen LogP contribution in [0.4, 0.5) is 0 Å². The lowest BCUT2D eigenvalue weighted by Gasteiger charge is -2.34. The molecule has 7 nitrogen and oxygen atoms in total. The molecule has 0 radical (unpaired) electrons. The van der Waals surface area contributed by atoms with Crippen LogP contribution in [-0.2, 0) is 24.2 Å². The topological polar surface area (TPSA) is 77.1 Å². The number of amides is 1.